The van der Waals surface area contributed by atoms with Crippen LogP contribution in [0.2, 0.25) is 0 Å². The summed E-state index contributed by atoms with van der Waals surface area (Å²) >= 11 is 0. The number of ether oxygens (including phenoxy) is 1. The van der Waals surface area contributed by atoms with Gasteiger partial charge >= 0.3 is 5.97 Å². The molecule has 2 aromatic carbocycles. The van der Waals surface area contributed by atoms with Gasteiger partial charge in [-0.05, 0) is 49.2 Å². The maximum absolute atomic E-state index is 13.2. The summed E-state index contributed by atoms with van der Waals surface area (Å²) in [7, 11) is -3.10. The van der Waals surface area contributed by atoms with Gasteiger partial charge in [0.25, 0.3) is 0 Å². The zero-order chi connectivity index (χ0) is 21.6. The number of esters is 1. The first-order chi connectivity index (χ1) is 14.4. The average molecular weight is 427 g/mol. The zero-order valence-electron chi connectivity index (χ0n) is 17.0. The molecule has 1 unspecified atom stereocenters. The van der Waals surface area contributed by atoms with Crippen molar-refractivity contribution in [2.75, 3.05) is 26.7 Å². The van der Waals surface area contributed by atoms with Crippen molar-refractivity contribution in [3.8, 4) is 23.0 Å². The fourth-order valence-corrected chi connectivity index (χ4v) is 4.90. The van der Waals surface area contributed by atoms with E-state index < -0.39 is 20.7 Å². The molecule has 1 fully saturated rings. The molecule has 1 aliphatic heterocycles. The summed E-state index contributed by atoms with van der Waals surface area (Å²) in [6, 6.07) is 15.9. The normalized spacial score (nSPS) is 16.3. The van der Waals surface area contributed by atoms with E-state index in [1.165, 1.54) is 12.1 Å². The highest BCUT2D eigenvalue weighted by Gasteiger charge is 2.49. The Morgan fingerprint density at radius 3 is 2.23 bits per heavy atom. The van der Waals surface area contributed by atoms with Crippen LogP contribution in [0.1, 0.15) is 19.3 Å². The number of nitrogens with zero attached hydrogens (tertiary/aromatic N) is 1. The van der Waals surface area contributed by atoms with E-state index in [1.807, 2.05) is 30.3 Å². The van der Waals surface area contributed by atoms with E-state index in [2.05, 4.69) is 16.7 Å². The molecule has 0 spiro atoms. The lowest BCUT2D eigenvalue weighted by atomic mass is 10.1. The molecule has 0 bridgehead atoms. The number of benzene rings is 2. The van der Waals surface area contributed by atoms with Crippen LogP contribution in [0.3, 0.4) is 0 Å². The maximum Gasteiger partial charge on any atom is 0.343 e. The third-order valence-corrected chi connectivity index (χ3v) is 7.42. The first-order valence-corrected chi connectivity index (χ1v) is 11.3. The van der Waals surface area contributed by atoms with Crippen LogP contribution >= 0.6 is 0 Å². The van der Waals surface area contributed by atoms with Crippen molar-refractivity contribution < 1.29 is 17.9 Å². The van der Waals surface area contributed by atoms with Crippen molar-refractivity contribution in [3.63, 3.8) is 0 Å². The van der Waals surface area contributed by atoms with E-state index in [1.54, 1.807) is 12.1 Å². The van der Waals surface area contributed by atoms with Crippen LogP contribution < -0.4 is 5.73 Å². The van der Waals surface area contributed by atoms with Crippen molar-refractivity contribution in [1.29, 1.82) is 0 Å². The standard InChI is InChI=1S/C23H26N2O4S/c1-29-22(26)23(24,15-5-6-16-25-17-7-8-18-25)30(27,28)21-13-11-20(12-14-21)19-9-3-2-4-10-19/h2-4,9-14H,7-8,15-18,24H2,1H3. The third-order valence-electron chi connectivity index (χ3n) is 5.26. The second kappa shape index (κ2) is 9.43. The first-order valence-electron chi connectivity index (χ1n) is 9.84. The molecule has 0 radical (unpaired) electrons. The maximum atomic E-state index is 13.2. The number of carbonyl (C=O) groups is 1. The number of nitrogens with two attached hydrogens (primary N) is 1. The van der Waals surface area contributed by atoms with Gasteiger partial charge in [0.15, 0.2) is 0 Å². The van der Waals surface area contributed by atoms with E-state index in [0.717, 1.165) is 44.2 Å². The van der Waals surface area contributed by atoms with Crippen LogP contribution in [0, 0.1) is 11.8 Å². The molecule has 1 heterocycles. The van der Waals surface area contributed by atoms with Gasteiger partial charge in [0.2, 0.25) is 14.7 Å². The fraction of sp³-hybridized carbons (Fsp3) is 0.348. The van der Waals surface area contributed by atoms with Gasteiger partial charge < -0.3 is 10.5 Å². The number of rotatable bonds is 6. The summed E-state index contributed by atoms with van der Waals surface area (Å²) in [5, 5.41) is 0. The van der Waals surface area contributed by atoms with Crippen molar-refractivity contribution in [2.45, 2.75) is 29.0 Å². The smallest absolute Gasteiger partial charge is 0.343 e. The molecule has 2 N–H and O–H groups in total. The van der Waals surface area contributed by atoms with E-state index in [0.29, 0.717) is 6.54 Å². The molecule has 1 aliphatic rings. The largest absolute Gasteiger partial charge is 0.467 e. The highest BCUT2D eigenvalue weighted by Crippen LogP contribution is 2.28. The molecule has 158 valence electrons. The van der Waals surface area contributed by atoms with Gasteiger partial charge in [-0.2, -0.15) is 0 Å². The van der Waals surface area contributed by atoms with E-state index in [4.69, 9.17) is 10.5 Å². The molecule has 7 heteroatoms. The van der Waals surface area contributed by atoms with Crippen LogP contribution in [0.25, 0.3) is 11.1 Å². The summed E-state index contributed by atoms with van der Waals surface area (Å²) in [6.45, 7) is 2.49. The SMILES string of the molecule is COC(=O)C(N)(CC#CCN1CCCC1)S(=O)(=O)c1ccc(-c2ccccc2)cc1. The van der Waals surface area contributed by atoms with Gasteiger partial charge in [-0.15, -0.1) is 0 Å². The van der Waals surface area contributed by atoms with Crippen LogP contribution in [0.15, 0.2) is 59.5 Å². The van der Waals surface area contributed by atoms with Gasteiger partial charge in [-0.3, -0.25) is 4.90 Å². The fourth-order valence-electron chi connectivity index (χ4n) is 3.42. The third kappa shape index (κ3) is 4.57. The average Bonchev–Trinajstić information content (AvgIpc) is 3.30. The topological polar surface area (TPSA) is 89.7 Å². The molecule has 1 atom stereocenters. The van der Waals surface area contributed by atoms with Crippen LogP contribution in [-0.2, 0) is 19.4 Å². The molecule has 0 aromatic heterocycles. The van der Waals surface area contributed by atoms with E-state index in [9.17, 15) is 13.2 Å². The Balaban J connectivity index is 1.84. The Hall–Kier alpha value is -2.66. The molecule has 30 heavy (non-hydrogen) atoms. The van der Waals surface area contributed by atoms with Gasteiger partial charge in [-0.1, -0.05) is 54.3 Å². The Labute approximate surface area is 177 Å². The highest BCUT2D eigenvalue weighted by atomic mass is 32.2. The van der Waals surface area contributed by atoms with E-state index in [-0.39, 0.29) is 11.3 Å². The van der Waals surface area contributed by atoms with Crippen LogP contribution in [0.5, 0.6) is 0 Å². The lowest BCUT2D eigenvalue weighted by Crippen LogP contribution is -2.55. The minimum absolute atomic E-state index is 0.0450. The minimum Gasteiger partial charge on any atom is -0.467 e. The lowest BCUT2D eigenvalue weighted by Gasteiger charge is -2.24. The summed E-state index contributed by atoms with van der Waals surface area (Å²) in [6.07, 6.45) is 1.94. The number of sulfone groups is 1. The first kappa shape index (κ1) is 22.0. The molecule has 6 nitrogen and oxygen atoms in total. The van der Waals surface area contributed by atoms with Gasteiger partial charge in [0.1, 0.15) is 0 Å². The molecule has 1 saturated heterocycles. The van der Waals surface area contributed by atoms with Gasteiger partial charge in [0, 0.05) is 0 Å². The number of hydrogen-bond donors (Lipinski definition) is 1. The number of methoxy groups -OCH3 is 1. The second-order valence-corrected chi connectivity index (χ2v) is 9.50. The Bertz CT molecular complexity index is 1030. The molecule has 0 aliphatic carbocycles. The molecular formula is C23H26N2O4S. The van der Waals surface area contributed by atoms with E-state index >= 15 is 0 Å². The number of likely N-dealkylation sites (tertiary alicyclic amines) is 1. The zero-order valence-corrected chi connectivity index (χ0v) is 17.8. The Morgan fingerprint density at radius 1 is 1.03 bits per heavy atom. The molecule has 3 rings (SSSR count). The predicted molar refractivity (Wildman–Crippen MR) is 116 cm³/mol. The molecule has 2 aromatic rings. The monoisotopic (exact) mass is 426 g/mol. The Kier molecular flexibility index (Phi) is 6.93. The van der Waals surface area contributed by atoms with Crippen molar-refractivity contribution in [1.82, 2.24) is 4.90 Å². The minimum atomic E-state index is -4.22. The summed E-state index contributed by atoms with van der Waals surface area (Å²) in [4.78, 5) is 12.3. The molecule has 0 saturated carbocycles. The van der Waals surface area contributed by atoms with Crippen LogP contribution in [0.4, 0.5) is 0 Å². The van der Waals surface area contributed by atoms with Crippen LogP contribution in [-0.4, -0.2) is 50.9 Å². The van der Waals surface area contributed by atoms with Gasteiger partial charge in [-0.25, -0.2) is 13.2 Å². The summed E-state index contributed by atoms with van der Waals surface area (Å²) in [5.74, 6) is 4.70. The number of carbonyl (C=O) groups excluding carboxylic acids is 1. The second-order valence-electron chi connectivity index (χ2n) is 7.29. The Morgan fingerprint density at radius 2 is 1.63 bits per heavy atom. The molecular weight excluding hydrogens is 400 g/mol. The number of hydrogen-bond acceptors (Lipinski definition) is 6. The molecule has 0 amide bonds. The lowest BCUT2D eigenvalue weighted by molar-refractivity contribution is -0.143. The summed E-state index contributed by atoms with van der Waals surface area (Å²) < 4.78 is 31.2. The van der Waals surface area contributed by atoms with Crippen molar-refractivity contribution in [3.05, 3.63) is 54.6 Å². The van der Waals surface area contributed by atoms with Gasteiger partial charge in [0.05, 0.1) is 25.0 Å². The highest BCUT2D eigenvalue weighted by molar-refractivity contribution is 7.93. The quantitative estimate of drug-likeness (QED) is 0.564. The predicted octanol–water partition coefficient (Wildman–Crippen LogP) is 2.44. The summed E-state index contributed by atoms with van der Waals surface area (Å²) in [5.41, 5.74) is 7.95. The van der Waals surface area contributed by atoms with Crippen molar-refractivity contribution in [2.24, 2.45) is 5.73 Å². The van der Waals surface area contributed by atoms with Crippen molar-refractivity contribution >= 4 is 15.8 Å².